The summed E-state index contributed by atoms with van der Waals surface area (Å²) in [4.78, 5) is 11.4. The highest BCUT2D eigenvalue weighted by molar-refractivity contribution is 5.80. The Hall–Kier alpha value is -1.75. The maximum Gasteiger partial charge on any atom is 0.260 e. The molecule has 1 amide bonds. The number of hydrogen-bond acceptors (Lipinski definition) is 4. The standard InChI is InChI=1S/C13H20N2O3/c1-9(13(16)15-2)18-12-8-11(17-3)5-4-10(12)6-7-14/h4-5,8-9H,6-7,14H2,1-3H3,(H,15,16). The van der Waals surface area contributed by atoms with Crippen molar-refractivity contribution >= 4 is 5.91 Å². The summed E-state index contributed by atoms with van der Waals surface area (Å²) in [7, 11) is 3.17. The SMILES string of the molecule is CNC(=O)C(C)Oc1cc(OC)ccc1CCN. The molecule has 0 heterocycles. The number of hydrogen-bond donors (Lipinski definition) is 2. The highest BCUT2D eigenvalue weighted by Gasteiger charge is 2.15. The van der Waals surface area contributed by atoms with Gasteiger partial charge in [0, 0.05) is 13.1 Å². The molecule has 0 aliphatic rings. The molecule has 0 saturated heterocycles. The van der Waals surface area contributed by atoms with Crippen molar-refractivity contribution in [1.29, 1.82) is 0 Å². The van der Waals surface area contributed by atoms with Crippen molar-refractivity contribution in [2.24, 2.45) is 5.73 Å². The minimum Gasteiger partial charge on any atom is -0.497 e. The molecule has 0 spiro atoms. The van der Waals surface area contributed by atoms with E-state index in [1.807, 2.05) is 12.1 Å². The molecule has 18 heavy (non-hydrogen) atoms. The number of amides is 1. The zero-order chi connectivity index (χ0) is 13.5. The number of carbonyl (C=O) groups excluding carboxylic acids is 1. The van der Waals surface area contributed by atoms with Crippen LogP contribution in [0.3, 0.4) is 0 Å². The first-order valence-electron chi connectivity index (χ1n) is 5.87. The Labute approximate surface area is 107 Å². The second-order valence-electron chi connectivity index (χ2n) is 3.89. The molecule has 0 fully saturated rings. The van der Waals surface area contributed by atoms with E-state index in [1.54, 1.807) is 27.1 Å². The summed E-state index contributed by atoms with van der Waals surface area (Å²) in [6, 6.07) is 5.52. The molecule has 1 aromatic rings. The van der Waals surface area contributed by atoms with Crippen LogP contribution in [0.1, 0.15) is 12.5 Å². The van der Waals surface area contributed by atoms with E-state index < -0.39 is 6.10 Å². The quantitative estimate of drug-likeness (QED) is 0.782. The lowest BCUT2D eigenvalue weighted by Crippen LogP contribution is -2.34. The van der Waals surface area contributed by atoms with E-state index in [1.165, 1.54) is 0 Å². The predicted molar refractivity (Wildman–Crippen MR) is 69.9 cm³/mol. The zero-order valence-electron chi connectivity index (χ0n) is 11.0. The summed E-state index contributed by atoms with van der Waals surface area (Å²) in [5.74, 6) is 1.15. The third kappa shape index (κ3) is 3.63. The van der Waals surface area contributed by atoms with Gasteiger partial charge in [-0.2, -0.15) is 0 Å². The molecule has 0 aromatic heterocycles. The minimum absolute atomic E-state index is 0.170. The molecule has 0 radical (unpaired) electrons. The molecule has 0 saturated carbocycles. The van der Waals surface area contributed by atoms with Gasteiger partial charge in [0.05, 0.1) is 7.11 Å². The molecular formula is C13H20N2O3. The molecule has 1 aromatic carbocycles. The molecule has 1 atom stereocenters. The van der Waals surface area contributed by atoms with Gasteiger partial charge < -0.3 is 20.5 Å². The third-order valence-corrected chi connectivity index (χ3v) is 2.61. The fourth-order valence-electron chi connectivity index (χ4n) is 1.58. The van der Waals surface area contributed by atoms with Crippen molar-refractivity contribution in [3.05, 3.63) is 23.8 Å². The fourth-order valence-corrected chi connectivity index (χ4v) is 1.58. The number of ether oxygens (including phenoxy) is 2. The number of methoxy groups -OCH3 is 1. The molecule has 1 rings (SSSR count). The van der Waals surface area contributed by atoms with Crippen LogP contribution >= 0.6 is 0 Å². The summed E-state index contributed by atoms with van der Waals surface area (Å²) in [6.07, 6.45) is 0.137. The van der Waals surface area contributed by atoms with Gasteiger partial charge in [-0.1, -0.05) is 6.07 Å². The van der Waals surface area contributed by atoms with Gasteiger partial charge in [0.2, 0.25) is 0 Å². The first-order valence-corrected chi connectivity index (χ1v) is 5.87. The van der Waals surface area contributed by atoms with Crippen molar-refractivity contribution in [3.8, 4) is 11.5 Å². The first kappa shape index (κ1) is 14.3. The Bertz CT molecular complexity index is 407. The van der Waals surface area contributed by atoms with E-state index >= 15 is 0 Å². The van der Waals surface area contributed by atoms with Gasteiger partial charge >= 0.3 is 0 Å². The minimum atomic E-state index is -0.557. The van der Waals surface area contributed by atoms with E-state index in [0.717, 1.165) is 5.56 Å². The molecule has 0 bridgehead atoms. The lowest BCUT2D eigenvalue weighted by atomic mass is 10.1. The lowest BCUT2D eigenvalue weighted by molar-refractivity contribution is -0.126. The Balaban J connectivity index is 2.92. The number of carbonyl (C=O) groups is 1. The number of likely N-dealkylation sites (N-methyl/N-ethyl adjacent to an activating group) is 1. The van der Waals surface area contributed by atoms with Crippen molar-refractivity contribution < 1.29 is 14.3 Å². The van der Waals surface area contributed by atoms with Gasteiger partial charge in [-0.3, -0.25) is 4.79 Å². The summed E-state index contributed by atoms with van der Waals surface area (Å²) in [5, 5.41) is 2.55. The van der Waals surface area contributed by atoms with Crippen LogP contribution in [0.25, 0.3) is 0 Å². The number of nitrogens with two attached hydrogens (primary N) is 1. The molecule has 5 heteroatoms. The van der Waals surface area contributed by atoms with Gasteiger partial charge in [0.1, 0.15) is 11.5 Å². The number of nitrogens with one attached hydrogen (secondary N) is 1. The molecule has 0 aliphatic heterocycles. The number of benzene rings is 1. The maximum atomic E-state index is 11.4. The number of rotatable bonds is 6. The molecule has 5 nitrogen and oxygen atoms in total. The fraction of sp³-hybridized carbons (Fsp3) is 0.462. The van der Waals surface area contributed by atoms with Gasteiger partial charge in [-0.05, 0) is 31.5 Å². The van der Waals surface area contributed by atoms with Crippen molar-refractivity contribution in [2.45, 2.75) is 19.4 Å². The zero-order valence-corrected chi connectivity index (χ0v) is 11.0. The molecular weight excluding hydrogens is 232 g/mol. The molecule has 0 aliphatic carbocycles. The van der Waals surface area contributed by atoms with Crippen LogP contribution in [0.4, 0.5) is 0 Å². The Morgan fingerprint density at radius 3 is 2.78 bits per heavy atom. The van der Waals surface area contributed by atoms with Crippen LogP contribution in [-0.2, 0) is 11.2 Å². The smallest absolute Gasteiger partial charge is 0.260 e. The van der Waals surface area contributed by atoms with Crippen LogP contribution in [0.15, 0.2) is 18.2 Å². The van der Waals surface area contributed by atoms with Crippen molar-refractivity contribution in [2.75, 3.05) is 20.7 Å². The molecule has 1 unspecified atom stereocenters. The average Bonchev–Trinajstić information content (AvgIpc) is 2.39. The maximum absolute atomic E-state index is 11.4. The van der Waals surface area contributed by atoms with Crippen LogP contribution in [-0.4, -0.2) is 32.7 Å². The Morgan fingerprint density at radius 2 is 2.22 bits per heavy atom. The summed E-state index contributed by atoms with van der Waals surface area (Å²) >= 11 is 0. The van der Waals surface area contributed by atoms with Crippen LogP contribution in [0.5, 0.6) is 11.5 Å². The normalized spacial score (nSPS) is 11.8. The monoisotopic (exact) mass is 252 g/mol. The highest BCUT2D eigenvalue weighted by Crippen LogP contribution is 2.26. The van der Waals surface area contributed by atoms with Gasteiger partial charge in [0.15, 0.2) is 6.10 Å². The van der Waals surface area contributed by atoms with Crippen LogP contribution in [0.2, 0.25) is 0 Å². The second-order valence-corrected chi connectivity index (χ2v) is 3.89. The lowest BCUT2D eigenvalue weighted by Gasteiger charge is -2.17. The predicted octanol–water partition coefficient (Wildman–Crippen LogP) is 0.710. The Morgan fingerprint density at radius 1 is 1.50 bits per heavy atom. The summed E-state index contributed by atoms with van der Waals surface area (Å²) in [5.41, 5.74) is 6.52. The van der Waals surface area contributed by atoms with Gasteiger partial charge in [0.25, 0.3) is 5.91 Å². The van der Waals surface area contributed by atoms with Gasteiger partial charge in [-0.15, -0.1) is 0 Å². The second kappa shape index (κ2) is 6.86. The molecule has 100 valence electrons. The largest absolute Gasteiger partial charge is 0.497 e. The Kier molecular flexibility index (Phi) is 5.45. The highest BCUT2D eigenvalue weighted by atomic mass is 16.5. The van der Waals surface area contributed by atoms with E-state index in [0.29, 0.717) is 24.5 Å². The van der Waals surface area contributed by atoms with Crippen molar-refractivity contribution in [3.63, 3.8) is 0 Å². The summed E-state index contributed by atoms with van der Waals surface area (Å²) < 4.78 is 10.8. The van der Waals surface area contributed by atoms with Crippen molar-refractivity contribution in [1.82, 2.24) is 5.32 Å². The average molecular weight is 252 g/mol. The van der Waals surface area contributed by atoms with E-state index in [4.69, 9.17) is 15.2 Å². The third-order valence-electron chi connectivity index (χ3n) is 2.61. The van der Waals surface area contributed by atoms with Gasteiger partial charge in [-0.25, -0.2) is 0 Å². The first-order chi connectivity index (χ1) is 8.62. The van der Waals surface area contributed by atoms with Crippen LogP contribution in [0, 0.1) is 0 Å². The van der Waals surface area contributed by atoms with E-state index in [-0.39, 0.29) is 5.91 Å². The summed E-state index contributed by atoms with van der Waals surface area (Å²) in [6.45, 7) is 2.22. The van der Waals surface area contributed by atoms with Crippen LogP contribution < -0.4 is 20.5 Å². The molecule has 3 N–H and O–H groups in total. The van der Waals surface area contributed by atoms with E-state index in [2.05, 4.69) is 5.32 Å². The topological polar surface area (TPSA) is 73.6 Å². The van der Waals surface area contributed by atoms with E-state index in [9.17, 15) is 4.79 Å².